The molecule has 1 unspecified atom stereocenters. The number of nitrogens with two attached hydrogens (primary N) is 1. The molecule has 0 saturated heterocycles. The van der Waals surface area contributed by atoms with E-state index in [0.29, 0.717) is 12.3 Å². The SMILES string of the molecule is CCCCC(CN)NS(=O)(=O)c1sccc1OC.Cl. The zero-order chi connectivity index (χ0) is 13.6. The Morgan fingerprint density at radius 1 is 1.53 bits per heavy atom. The molecule has 0 aliphatic rings. The minimum absolute atomic E-state index is 0. The van der Waals surface area contributed by atoms with Crippen LogP contribution < -0.4 is 15.2 Å². The van der Waals surface area contributed by atoms with Gasteiger partial charge in [0.2, 0.25) is 0 Å². The minimum atomic E-state index is -3.54. The van der Waals surface area contributed by atoms with E-state index in [-0.39, 0.29) is 22.7 Å². The molecule has 0 aliphatic carbocycles. The van der Waals surface area contributed by atoms with Gasteiger partial charge in [-0.3, -0.25) is 0 Å². The minimum Gasteiger partial charge on any atom is -0.494 e. The molecule has 0 bridgehead atoms. The maximum Gasteiger partial charge on any atom is 0.254 e. The average Bonchev–Trinajstić information content (AvgIpc) is 2.83. The summed E-state index contributed by atoms with van der Waals surface area (Å²) in [5, 5.41) is 1.69. The summed E-state index contributed by atoms with van der Waals surface area (Å²) in [6.07, 6.45) is 2.71. The Kier molecular flexibility index (Phi) is 8.60. The van der Waals surface area contributed by atoms with Crippen molar-refractivity contribution in [3.63, 3.8) is 0 Å². The fourth-order valence-corrected chi connectivity index (χ4v) is 4.16. The molecule has 0 aromatic carbocycles. The number of sulfonamides is 1. The summed E-state index contributed by atoms with van der Waals surface area (Å²) in [6, 6.07) is 1.42. The predicted octanol–water partition coefficient (Wildman–Crippen LogP) is 1.97. The number of methoxy groups -OCH3 is 1. The summed E-state index contributed by atoms with van der Waals surface area (Å²) in [5.74, 6) is 0.374. The van der Waals surface area contributed by atoms with E-state index >= 15 is 0 Å². The highest BCUT2D eigenvalue weighted by Gasteiger charge is 2.24. The van der Waals surface area contributed by atoms with Crippen LogP contribution in [0.1, 0.15) is 26.2 Å². The lowest BCUT2D eigenvalue weighted by Gasteiger charge is -2.16. The van der Waals surface area contributed by atoms with Gasteiger partial charge in [0.1, 0.15) is 5.75 Å². The number of halogens is 1. The highest BCUT2D eigenvalue weighted by Crippen LogP contribution is 2.29. The van der Waals surface area contributed by atoms with Crippen molar-refractivity contribution in [2.24, 2.45) is 5.73 Å². The van der Waals surface area contributed by atoms with Gasteiger partial charge in [-0.25, -0.2) is 13.1 Å². The number of ether oxygens (including phenoxy) is 1. The lowest BCUT2D eigenvalue weighted by molar-refractivity contribution is 0.405. The van der Waals surface area contributed by atoms with Gasteiger partial charge in [-0.1, -0.05) is 19.8 Å². The lowest BCUT2D eigenvalue weighted by atomic mass is 10.1. The van der Waals surface area contributed by atoms with Crippen LogP contribution in [-0.2, 0) is 10.0 Å². The van der Waals surface area contributed by atoms with Crippen LogP contribution in [0, 0.1) is 0 Å². The molecule has 0 saturated carbocycles. The van der Waals surface area contributed by atoms with E-state index in [1.54, 1.807) is 11.4 Å². The first-order valence-electron chi connectivity index (χ1n) is 5.89. The second-order valence-electron chi connectivity index (χ2n) is 3.97. The second-order valence-corrected chi connectivity index (χ2v) is 6.80. The Morgan fingerprint density at radius 3 is 2.74 bits per heavy atom. The summed E-state index contributed by atoms with van der Waals surface area (Å²) in [4.78, 5) is 0. The van der Waals surface area contributed by atoms with Crippen molar-refractivity contribution in [1.82, 2.24) is 4.72 Å². The maximum atomic E-state index is 12.2. The number of nitrogens with one attached hydrogen (secondary N) is 1. The van der Waals surface area contributed by atoms with Gasteiger partial charge in [-0.05, 0) is 17.9 Å². The van der Waals surface area contributed by atoms with E-state index in [1.807, 2.05) is 0 Å². The number of unbranched alkanes of at least 4 members (excludes halogenated alkanes) is 1. The normalized spacial score (nSPS) is 12.8. The van der Waals surface area contributed by atoms with E-state index in [2.05, 4.69) is 11.6 Å². The lowest BCUT2D eigenvalue weighted by Crippen LogP contribution is -2.39. The molecule has 0 spiro atoms. The first-order chi connectivity index (χ1) is 8.55. The van der Waals surface area contributed by atoms with Gasteiger partial charge >= 0.3 is 0 Å². The van der Waals surface area contributed by atoms with Crippen LogP contribution in [0.15, 0.2) is 15.7 Å². The Morgan fingerprint density at radius 2 is 2.21 bits per heavy atom. The van der Waals surface area contributed by atoms with Crippen molar-refractivity contribution in [1.29, 1.82) is 0 Å². The maximum absolute atomic E-state index is 12.2. The van der Waals surface area contributed by atoms with E-state index in [1.165, 1.54) is 7.11 Å². The molecule has 0 aliphatic heterocycles. The fraction of sp³-hybridized carbons (Fsp3) is 0.636. The first-order valence-corrected chi connectivity index (χ1v) is 8.25. The molecule has 0 amide bonds. The molecule has 0 radical (unpaired) electrons. The monoisotopic (exact) mass is 328 g/mol. The molecule has 1 atom stereocenters. The van der Waals surface area contributed by atoms with Crippen molar-refractivity contribution in [3.8, 4) is 5.75 Å². The first kappa shape index (κ1) is 18.7. The van der Waals surface area contributed by atoms with E-state index in [9.17, 15) is 8.42 Å². The largest absolute Gasteiger partial charge is 0.494 e. The predicted molar refractivity (Wildman–Crippen MR) is 80.8 cm³/mol. The molecule has 1 heterocycles. The Hall–Kier alpha value is -0.340. The van der Waals surface area contributed by atoms with Gasteiger partial charge in [0.25, 0.3) is 10.0 Å². The van der Waals surface area contributed by atoms with Crippen molar-refractivity contribution < 1.29 is 13.2 Å². The third kappa shape index (κ3) is 5.27. The highest BCUT2D eigenvalue weighted by atomic mass is 35.5. The van der Waals surface area contributed by atoms with Gasteiger partial charge < -0.3 is 10.5 Å². The molecular formula is C11H21ClN2O3S2. The Labute approximate surface area is 125 Å². The highest BCUT2D eigenvalue weighted by molar-refractivity contribution is 7.91. The smallest absolute Gasteiger partial charge is 0.254 e. The van der Waals surface area contributed by atoms with Crippen LogP contribution in [-0.4, -0.2) is 28.1 Å². The van der Waals surface area contributed by atoms with Gasteiger partial charge in [-0.15, -0.1) is 23.7 Å². The molecule has 8 heteroatoms. The number of thiophene rings is 1. The third-order valence-corrected chi connectivity index (χ3v) is 5.54. The van der Waals surface area contributed by atoms with Gasteiger partial charge in [-0.2, -0.15) is 0 Å². The summed E-state index contributed by atoms with van der Waals surface area (Å²) in [6.45, 7) is 2.36. The number of hydrogen-bond donors (Lipinski definition) is 2. The molecule has 5 nitrogen and oxygen atoms in total. The van der Waals surface area contributed by atoms with Crippen LogP contribution in [0.5, 0.6) is 5.75 Å². The Bertz CT molecular complexity index is 462. The van der Waals surface area contributed by atoms with Crippen molar-refractivity contribution >= 4 is 33.8 Å². The third-order valence-electron chi connectivity index (χ3n) is 2.57. The molecular weight excluding hydrogens is 308 g/mol. The summed E-state index contributed by atoms with van der Waals surface area (Å²) >= 11 is 1.14. The molecule has 0 fully saturated rings. The topological polar surface area (TPSA) is 81.4 Å². The van der Waals surface area contributed by atoms with Crippen molar-refractivity contribution in [2.45, 2.75) is 36.4 Å². The van der Waals surface area contributed by atoms with Crippen molar-refractivity contribution in [2.75, 3.05) is 13.7 Å². The standard InChI is InChI=1S/C11H20N2O3S2.ClH/c1-3-4-5-9(8-12)13-18(14,15)11-10(16-2)6-7-17-11;/h6-7,9,13H,3-5,8,12H2,1-2H3;1H. The van der Waals surface area contributed by atoms with Crippen LogP contribution >= 0.6 is 23.7 Å². The quantitative estimate of drug-likeness (QED) is 0.764. The molecule has 112 valence electrons. The van der Waals surface area contributed by atoms with E-state index in [4.69, 9.17) is 10.5 Å². The van der Waals surface area contributed by atoms with E-state index < -0.39 is 10.0 Å². The van der Waals surface area contributed by atoms with Crippen LogP contribution in [0.4, 0.5) is 0 Å². The summed E-state index contributed by atoms with van der Waals surface area (Å²) < 4.78 is 32.2. The van der Waals surface area contributed by atoms with Crippen LogP contribution in [0.25, 0.3) is 0 Å². The van der Waals surface area contributed by atoms with Gasteiger partial charge in [0.05, 0.1) is 7.11 Å². The van der Waals surface area contributed by atoms with Crippen LogP contribution in [0.2, 0.25) is 0 Å². The molecule has 1 aromatic heterocycles. The van der Waals surface area contributed by atoms with Crippen LogP contribution in [0.3, 0.4) is 0 Å². The number of rotatable bonds is 8. The zero-order valence-corrected chi connectivity index (χ0v) is 13.5. The number of hydrogen-bond acceptors (Lipinski definition) is 5. The fourth-order valence-electron chi connectivity index (χ4n) is 1.58. The molecule has 3 N–H and O–H groups in total. The second kappa shape index (κ2) is 8.76. The summed E-state index contributed by atoms with van der Waals surface area (Å²) in [5.41, 5.74) is 5.59. The van der Waals surface area contributed by atoms with Gasteiger partial charge in [0.15, 0.2) is 4.21 Å². The van der Waals surface area contributed by atoms with Gasteiger partial charge in [0, 0.05) is 12.6 Å². The molecule has 1 rings (SSSR count). The molecule has 1 aromatic rings. The van der Waals surface area contributed by atoms with E-state index in [0.717, 1.165) is 30.6 Å². The summed E-state index contributed by atoms with van der Waals surface area (Å²) in [7, 11) is -2.08. The zero-order valence-electron chi connectivity index (χ0n) is 11.1. The molecule has 19 heavy (non-hydrogen) atoms. The average molecular weight is 329 g/mol. The Balaban J connectivity index is 0.00000324. The van der Waals surface area contributed by atoms with Crippen molar-refractivity contribution in [3.05, 3.63) is 11.4 Å².